The molecule has 2 aromatic carbocycles. The summed E-state index contributed by atoms with van der Waals surface area (Å²) in [5.74, 6) is -0.407. The fourth-order valence-corrected chi connectivity index (χ4v) is 2.84. The van der Waals surface area contributed by atoms with Gasteiger partial charge in [0.05, 0.1) is 10.5 Å². The van der Waals surface area contributed by atoms with E-state index in [0.29, 0.717) is 9.92 Å². The molecule has 0 spiro atoms. The molecule has 0 heterocycles. The lowest BCUT2D eigenvalue weighted by atomic mass is 10.2. The van der Waals surface area contributed by atoms with Gasteiger partial charge in [0.25, 0.3) is 11.6 Å². The highest BCUT2D eigenvalue weighted by molar-refractivity contribution is 7.99. The Hall–Kier alpha value is -2.09. The highest BCUT2D eigenvalue weighted by Gasteiger charge is 2.18. The lowest BCUT2D eigenvalue weighted by molar-refractivity contribution is -0.384. The summed E-state index contributed by atoms with van der Waals surface area (Å²) < 4.78 is 0. The van der Waals surface area contributed by atoms with E-state index in [4.69, 9.17) is 11.6 Å². The molecule has 1 N–H and O–H groups in total. The van der Waals surface area contributed by atoms with E-state index in [-0.39, 0.29) is 11.3 Å². The molecule has 6 nitrogen and oxygen atoms in total. The zero-order valence-electron chi connectivity index (χ0n) is 12.4. The van der Waals surface area contributed by atoms with E-state index in [0.717, 1.165) is 4.90 Å². The standard InChI is InChI=1S/C15H14ClN3O3S/c1-18(2)17-15(20)13-9-11(19(21)22)5-8-14(13)23-12-6-3-10(16)4-7-12/h3-9H,1-2H3,(H,17,20). The van der Waals surface area contributed by atoms with Crippen molar-refractivity contribution in [2.75, 3.05) is 14.1 Å². The van der Waals surface area contributed by atoms with Gasteiger partial charge in [0.15, 0.2) is 0 Å². The summed E-state index contributed by atoms with van der Waals surface area (Å²) in [6.07, 6.45) is 0. The topological polar surface area (TPSA) is 75.5 Å². The largest absolute Gasteiger partial charge is 0.285 e. The average molecular weight is 352 g/mol. The van der Waals surface area contributed by atoms with Crippen LogP contribution in [-0.4, -0.2) is 29.9 Å². The number of hydrogen-bond donors (Lipinski definition) is 1. The Morgan fingerprint density at radius 2 is 1.87 bits per heavy atom. The number of amides is 1. The van der Waals surface area contributed by atoms with Gasteiger partial charge in [-0.2, -0.15) is 0 Å². The van der Waals surface area contributed by atoms with E-state index in [1.165, 1.54) is 28.9 Å². The lowest BCUT2D eigenvalue weighted by Gasteiger charge is -2.14. The third-order valence-electron chi connectivity index (χ3n) is 2.79. The molecule has 0 atom stereocenters. The van der Waals surface area contributed by atoms with Gasteiger partial charge in [-0.25, -0.2) is 5.01 Å². The number of carbonyl (C=O) groups excluding carboxylic acids is 1. The molecule has 0 fully saturated rings. The molecular formula is C15H14ClN3O3S. The average Bonchev–Trinajstić information content (AvgIpc) is 2.49. The van der Waals surface area contributed by atoms with Crippen molar-refractivity contribution in [2.24, 2.45) is 0 Å². The maximum absolute atomic E-state index is 12.3. The predicted octanol–water partition coefficient (Wildman–Crippen LogP) is 3.61. The monoisotopic (exact) mass is 351 g/mol. The molecule has 0 aromatic heterocycles. The van der Waals surface area contributed by atoms with Crippen LogP contribution in [0.3, 0.4) is 0 Å². The normalized spacial score (nSPS) is 10.6. The summed E-state index contributed by atoms with van der Waals surface area (Å²) in [5.41, 5.74) is 2.71. The van der Waals surface area contributed by atoms with E-state index < -0.39 is 10.8 Å². The Morgan fingerprint density at radius 1 is 1.22 bits per heavy atom. The number of nitro groups is 1. The molecule has 23 heavy (non-hydrogen) atoms. The van der Waals surface area contributed by atoms with Crippen molar-refractivity contribution >= 4 is 35.0 Å². The second-order valence-electron chi connectivity index (χ2n) is 4.83. The van der Waals surface area contributed by atoms with Crippen LogP contribution >= 0.6 is 23.4 Å². The zero-order valence-corrected chi connectivity index (χ0v) is 14.0. The second-order valence-corrected chi connectivity index (χ2v) is 6.38. The maximum atomic E-state index is 12.3. The van der Waals surface area contributed by atoms with E-state index >= 15 is 0 Å². The van der Waals surface area contributed by atoms with Crippen molar-refractivity contribution in [3.05, 3.63) is 63.2 Å². The molecule has 0 unspecified atom stereocenters. The first-order chi connectivity index (χ1) is 10.9. The van der Waals surface area contributed by atoms with E-state index in [1.54, 1.807) is 32.3 Å². The van der Waals surface area contributed by atoms with Crippen LogP contribution in [-0.2, 0) is 0 Å². The lowest BCUT2D eigenvalue weighted by Crippen LogP contribution is -2.36. The fourth-order valence-electron chi connectivity index (χ4n) is 1.79. The van der Waals surface area contributed by atoms with E-state index in [2.05, 4.69) is 5.43 Å². The van der Waals surface area contributed by atoms with Gasteiger partial charge >= 0.3 is 0 Å². The highest BCUT2D eigenvalue weighted by Crippen LogP contribution is 2.33. The summed E-state index contributed by atoms with van der Waals surface area (Å²) in [5, 5.41) is 13.0. The van der Waals surface area contributed by atoms with Crippen LogP contribution in [0.15, 0.2) is 52.3 Å². The van der Waals surface area contributed by atoms with Crippen LogP contribution in [0.4, 0.5) is 5.69 Å². The Morgan fingerprint density at radius 3 is 2.43 bits per heavy atom. The number of nitrogens with zero attached hydrogens (tertiary/aromatic N) is 2. The molecule has 2 aromatic rings. The Bertz CT molecular complexity index is 735. The number of halogens is 1. The van der Waals surface area contributed by atoms with E-state index in [9.17, 15) is 14.9 Å². The molecule has 0 aliphatic rings. The van der Waals surface area contributed by atoms with Crippen LogP contribution in [0.1, 0.15) is 10.4 Å². The van der Waals surface area contributed by atoms with Crippen molar-refractivity contribution < 1.29 is 9.72 Å². The first kappa shape index (κ1) is 17.3. The summed E-state index contributed by atoms with van der Waals surface area (Å²) in [6.45, 7) is 0. The summed E-state index contributed by atoms with van der Waals surface area (Å²) in [4.78, 5) is 24.2. The Kier molecular flexibility index (Phi) is 5.59. The third kappa shape index (κ3) is 4.69. The van der Waals surface area contributed by atoms with Gasteiger partial charge in [-0.3, -0.25) is 20.3 Å². The van der Waals surface area contributed by atoms with Gasteiger partial charge in [0, 0.05) is 41.0 Å². The first-order valence-corrected chi connectivity index (χ1v) is 7.76. The minimum atomic E-state index is -0.525. The predicted molar refractivity (Wildman–Crippen MR) is 89.8 cm³/mol. The smallest absolute Gasteiger partial charge is 0.270 e. The number of carbonyl (C=O) groups is 1. The quantitative estimate of drug-likeness (QED) is 0.658. The summed E-state index contributed by atoms with van der Waals surface area (Å²) in [7, 11) is 3.34. The van der Waals surface area contributed by atoms with Gasteiger partial charge in [-0.05, 0) is 30.3 Å². The van der Waals surface area contributed by atoms with Crippen molar-refractivity contribution in [2.45, 2.75) is 9.79 Å². The molecule has 0 saturated carbocycles. The molecule has 0 radical (unpaired) electrons. The first-order valence-electron chi connectivity index (χ1n) is 6.57. The van der Waals surface area contributed by atoms with Crippen molar-refractivity contribution in [3.63, 3.8) is 0 Å². The van der Waals surface area contributed by atoms with Gasteiger partial charge in [-0.15, -0.1) is 0 Å². The van der Waals surface area contributed by atoms with E-state index in [1.807, 2.05) is 12.1 Å². The zero-order chi connectivity index (χ0) is 17.0. The molecule has 0 aliphatic heterocycles. The number of hydrazine groups is 1. The van der Waals surface area contributed by atoms with Gasteiger partial charge < -0.3 is 0 Å². The molecule has 1 amide bonds. The minimum Gasteiger partial charge on any atom is -0.285 e. The molecule has 8 heteroatoms. The van der Waals surface area contributed by atoms with Crippen LogP contribution in [0, 0.1) is 10.1 Å². The molecule has 0 saturated heterocycles. The Labute approximate surface area is 142 Å². The molecular weight excluding hydrogens is 338 g/mol. The number of nitro benzene ring substituents is 1. The van der Waals surface area contributed by atoms with Crippen LogP contribution in [0.2, 0.25) is 5.02 Å². The SMILES string of the molecule is CN(C)NC(=O)c1cc([N+](=O)[O-])ccc1Sc1ccc(Cl)cc1. The van der Waals surface area contributed by atoms with Crippen molar-refractivity contribution in [1.29, 1.82) is 0 Å². The van der Waals surface area contributed by atoms with Crippen molar-refractivity contribution in [3.8, 4) is 0 Å². The number of rotatable bonds is 5. The van der Waals surface area contributed by atoms with Gasteiger partial charge in [0.2, 0.25) is 0 Å². The van der Waals surface area contributed by atoms with Crippen molar-refractivity contribution in [1.82, 2.24) is 10.4 Å². The van der Waals surface area contributed by atoms with Gasteiger partial charge in [-0.1, -0.05) is 23.4 Å². The van der Waals surface area contributed by atoms with Gasteiger partial charge in [0.1, 0.15) is 0 Å². The number of non-ortho nitro benzene ring substituents is 1. The number of benzene rings is 2. The summed E-state index contributed by atoms with van der Waals surface area (Å²) >= 11 is 7.19. The van der Waals surface area contributed by atoms with Crippen LogP contribution < -0.4 is 5.43 Å². The fraction of sp³-hybridized carbons (Fsp3) is 0.133. The second kappa shape index (κ2) is 7.45. The van der Waals surface area contributed by atoms with Crippen LogP contribution in [0.5, 0.6) is 0 Å². The molecule has 2 rings (SSSR count). The molecule has 0 aliphatic carbocycles. The molecule has 120 valence electrons. The number of hydrogen-bond acceptors (Lipinski definition) is 5. The Balaban J connectivity index is 2.38. The highest BCUT2D eigenvalue weighted by atomic mass is 35.5. The minimum absolute atomic E-state index is 0.130. The summed E-state index contributed by atoms with van der Waals surface area (Å²) in [6, 6.07) is 11.4. The maximum Gasteiger partial charge on any atom is 0.270 e. The van der Waals surface area contributed by atoms with Crippen LogP contribution in [0.25, 0.3) is 0 Å². The number of nitrogens with one attached hydrogen (secondary N) is 1. The molecule has 0 bridgehead atoms. The third-order valence-corrected chi connectivity index (χ3v) is 4.12.